The molecule has 1 saturated heterocycles. The molecule has 8 N–H and O–H groups in total. The van der Waals surface area contributed by atoms with Crippen molar-refractivity contribution < 1.29 is 38.7 Å². The second kappa shape index (κ2) is 22.3. The lowest BCUT2D eigenvalue weighted by molar-refractivity contribution is -0.148. The van der Waals surface area contributed by atoms with E-state index in [2.05, 4.69) is 26.6 Å². The second-order valence-electron chi connectivity index (χ2n) is 16.8. The van der Waals surface area contributed by atoms with Crippen molar-refractivity contribution >= 4 is 64.9 Å². The number of nitrogens with zero attached hydrogens (tertiary/aromatic N) is 1. The molecule has 0 aliphatic carbocycles. The number of rotatable bonds is 20. The van der Waals surface area contributed by atoms with Crippen LogP contribution in [0, 0.1) is 11.3 Å². The molecule has 0 bridgehead atoms. The van der Waals surface area contributed by atoms with Crippen molar-refractivity contribution in [1.82, 2.24) is 31.5 Å². The molecule has 1 aliphatic heterocycles. The molecule has 0 spiro atoms. The number of nitrogens with two attached hydrogens (primary N) is 1. The average Bonchev–Trinajstić information content (AvgIpc) is 3.52. The lowest BCUT2D eigenvalue weighted by Crippen LogP contribution is -2.63. The van der Waals surface area contributed by atoms with Gasteiger partial charge in [0.05, 0.1) is 11.9 Å². The van der Waals surface area contributed by atoms with E-state index in [9.17, 15) is 38.7 Å². The van der Waals surface area contributed by atoms with Gasteiger partial charge in [-0.3, -0.25) is 33.6 Å². The Balaban J connectivity index is 1.94. The zero-order chi connectivity index (χ0) is 44.9. The van der Waals surface area contributed by atoms with Crippen LogP contribution < -0.4 is 32.3 Å². The smallest absolute Gasteiger partial charge is 0.254 e. The summed E-state index contributed by atoms with van der Waals surface area (Å²) in [7, 11) is 0. The van der Waals surface area contributed by atoms with Crippen LogP contribution in [0.2, 0.25) is 0 Å². The van der Waals surface area contributed by atoms with Crippen LogP contribution >= 0.6 is 23.5 Å². The number of aliphatic hydroxyl groups is 1. The Kier molecular flexibility index (Phi) is 18.5. The van der Waals surface area contributed by atoms with Gasteiger partial charge < -0.3 is 42.3 Å². The Bertz CT molecular complexity index is 1810. The number of primary amides is 1. The highest BCUT2D eigenvalue weighted by Crippen LogP contribution is 2.40. The lowest BCUT2D eigenvalue weighted by Gasteiger charge is -2.36. The minimum Gasteiger partial charge on any atom is -0.381 e. The van der Waals surface area contributed by atoms with Gasteiger partial charge in [0.1, 0.15) is 30.2 Å². The molecule has 1 fully saturated rings. The Morgan fingerprint density at radius 1 is 0.900 bits per heavy atom. The third-order valence-corrected chi connectivity index (χ3v) is 12.6. The fraction of sp³-hybridized carbons (Fsp3) is 0.558. The van der Waals surface area contributed by atoms with Gasteiger partial charge in [-0.15, -0.1) is 11.8 Å². The summed E-state index contributed by atoms with van der Waals surface area (Å²) < 4.78 is -0.868. The van der Waals surface area contributed by atoms with Crippen molar-refractivity contribution in [1.29, 1.82) is 0 Å². The Labute approximate surface area is 362 Å². The topological polar surface area (TPSA) is 229 Å². The number of hydrogen-bond acceptors (Lipinski definition) is 10. The second-order valence-corrected chi connectivity index (χ2v) is 19.4. The van der Waals surface area contributed by atoms with Crippen LogP contribution in [-0.2, 0) is 40.0 Å². The highest BCUT2D eigenvalue weighted by molar-refractivity contribution is 8.00. The number of amides is 7. The Morgan fingerprint density at radius 2 is 1.50 bits per heavy atom. The minimum absolute atomic E-state index is 0.0118. The summed E-state index contributed by atoms with van der Waals surface area (Å²) in [5.41, 5.74) is 5.90. The molecule has 1 aliphatic rings. The highest BCUT2D eigenvalue weighted by Gasteiger charge is 2.51. The van der Waals surface area contributed by atoms with Crippen molar-refractivity contribution in [3.05, 3.63) is 71.8 Å². The minimum atomic E-state index is -1.85. The van der Waals surface area contributed by atoms with E-state index >= 15 is 0 Å². The summed E-state index contributed by atoms with van der Waals surface area (Å²) in [4.78, 5) is 96.0. The molecule has 0 saturated carbocycles. The van der Waals surface area contributed by atoms with Gasteiger partial charge in [0.2, 0.25) is 35.4 Å². The Hall–Kier alpha value is -4.61. The summed E-state index contributed by atoms with van der Waals surface area (Å²) >= 11 is 2.81. The zero-order valence-electron chi connectivity index (χ0n) is 36.1. The average molecular weight is 870 g/mol. The van der Waals surface area contributed by atoms with Gasteiger partial charge >= 0.3 is 0 Å². The highest BCUT2D eigenvalue weighted by atomic mass is 32.2. The van der Waals surface area contributed by atoms with E-state index in [0.29, 0.717) is 29.7 Å². The van der Waals surface area contributed by atoms with Crippen LogP contribution in [0.25, 0.3) is 0 Å². The molecule has 330 valence electrons. The first-order valence-corrected chi connectivity index (χ1v) is 22.5. The Morgan fingerprint density at radius 3 is 2.03 bits per heavy atom. The van der Waals surface area contributed by atoms with Crippen molar-refractivity contribution in [2.24, 2.45) is 17.1 Å². The molecule has 1 unspecified atom stereocenters. The number of thioether (sulfide) groups is 2. The van der Waals surface area contributed by atoms with E-state index in [0.717, 1.165) is 0 Å². The normalized spacial score (nSPS) is 18.4. The summed E-state index contributed by atoms with van der Waals surface area (Å²) in [5.74, 6) is -4.26. The van der Waals surface area contributed by atoms with Crippen LogP contribution in [-0.4, -0.2) is 110 Å². The molecule has 15 nitrogen and oxygen atoms in total. The standard InChI is InChI=1S/C43H63N7O8S2/c1-10-25(2)31(37(54)46-29(36(44)53)21-22-59-9)48-40(57)35-43(7,8)60-24-50(35)41(58)33(52)30(23-27-17-13-11-14-18-27)47-39(56)34(42(4,5)6)49-38(55)32(45-26(3)51)28-19-15-12-16-20-28/h11-20,25,29-35,52H,10,21-24H2,1-9H3,(H2,44,53)(H,45,51)(H,46,54)(H,47,56)(H,48,57)(H,49,55)/t25-,29+,30+,31+,32?,33+,34-,35+/m1/s1. The number of carbonyl (C=O) groups is 7. The molecule has 2 aromatic carbocycles. The van der Waals surface area contributed by atoms with E-state index in [1.54, 1.807) is 102 Å². The predicted molar refractivity (Wildman–Crippen MR) is 235 cm³/mol. The summed E-state index contributed by atoms with van der Waals surface area (Å²) in [6.07, 6.45) is 0.842. The van der Waals surface area contributed by atoms with E-state index in [-0.39, 0.29) is 18.2 Å². The van der Waals surface area contributed by atoms with Crippen LogP contribution in [0.1, 0.15) is 85.4 Å². The van der Waals surface area contributed by atoms with Crippen LogP contribution in [0.15, 0.2) is 60.7 Å². The summed E-state index contributed by atoms with van der Waals surface area (Å²) in [5, 5.41) is 25.8. The van der Waals surface area contributed by atoms with Gasteiger partial charge in [0.15, 0.2) is 6.10 Å². The van der Waals surface area contributed by atoms with Crippen molar-refractivity contribution in [3.8, 4) is 0 Å². The maximum Gasteiger partial charge on any atom is 0.254 e. The maximum absolute atomic E-state index is 14.5. The molecule has 60 heavy (non-hydrogen) atoms. The van der Waals surface area contributed by atoms with Crippen LogP contribution in [0.3, 0.4) is 0 Å². The fourth-order valence-corrected chi connectivity index (χ4v) is 8.51. The van der Waals surface area contributed by atoms with Gasteiger partial charge in [0.25, 0.3) is 5.91 Å². The van der Waals surface area contributed by atoms with E-state index in [1.165, 1.54) is 35.3 Å². The molecule has 2 aromatic rings. The van der Waals surface area contributed by atoms with Crippen molar-refractivity contribution in [2.75, 3.05) is 17.9 Å². The third kappa shape index (κ3) is 13.7. The maximum atomic E-state index is 14.5. The van der Waals surface area contributed by atoms with Gasteiger partial charge in [-0.2, -0.15) is 11.8 Å². The molecular weight excluding hydrogens is 807 g/mol. The van der Waals surface area contributed by atoms with Gasteiger partial charge in [-0.1, -0.05) is 102 Å². The summed E-state index contributed by atoms with van der Waals surface area (Å²) in [6.45, 7) is 13.8. The van der Waals surface area contributed by atoms with Gasteiger partial charge in [-0.05, 0) is 61.2 Å². The predicted octanol–water partition coefficient (Wildman–Crippen LogP) is 2.42. The number of nitrogens with one attached hydrogen (secondary N) is 5. The number of aliphatic hydroxyl groups excluding tert-OH is 1. The van der Waals surface area contributed by atoms with Crippen LogP contribution in [0.4, 0.5) is 0 Å². The molecular formula is C43H63N7O8S2. The molecule has 0 aromatic heterocycles. The first-order chi connectivity index (χ1) is 28.1. The van der Waals surface area contributed by atoms with Gasteiger partial charge in [0, 0.05) is 11.7 Å². The first-order valence-electron chi connectivity index (χ1n) is 20.1. The molecule has 8 atom stereocenters. The van der Waals surface area contributed by atoms with Crippen molar-refractivity contribution in [2.45, 2.75) is 122 Å². The molecule has 3 rings (SSSR count). The van der Waals surface area contributed by atoms with E-state index < -0.39 is 93.9 Å². The summed E-state index contributed by atoms with van der Waals surface area (Å²) in [6, 6.07) is 10.8. The fourth-order valence-electron chi connectivity index (χ4n) is 6.90. The third-order valence-electron chi connectivity index (χ3n) is 10.6. The number of hydrogen-bond donors (Lipinski definition) is 7. The monoisotopic (exact) mass is 869 g/mol. The largest absolute Gasteiger partial charge is 0.381 e. The molecule has 0 radical (unpaired) electrons. The van der Waals surface area contributed by atoms with Crippen molar-refractivity contribution in [3.63, 3.8) is 0 Å². The number of carbonyl (C=O) groups excluding carboxylic acids is 7. The zero-order valence-corrected chi connectivity index (χ0v) is 37.7. The quantitative estimate of drug-likeness (QED) is 0.103. The van der Waals surface area contributed by atoms with Crippen LogP contribution in [0.5, 0.6) is 0 Å². The first kappa shape index (κ1) is 49.8. The van der Waals surface area contributed by atoms with Gasteiger partial charge in [-0.25, -0.2) is 0 Å². The molecule has 7 amide bonds. The number of benzene rings is 2. The lowest BCUT2D eigenvalue weighted by atomic mass is 9.85. The van der Waals surface area contributed by atoms with E-state index in [1.807, 2.05) is 13.2 Å². The SMILES string of the molecule is CC[C@@H](C)[C@H](NC(=O)[C@@H]1N(C(=O)[C@@H](O)[C@H](Cc2ccccc2)NC(=O)[C@@H](NC(=O)C(NC(C)=O)c2ccccc2)C(C)(C)C)CSC1(C)C)C(=O)N[C@@H](CCSC)C(N)=O. The molecule has 17 heteroatoms. The van der Waals surface area contributed by atoms with E-state index in [4.69, 9.17) is 5.73 Å². The molecule has 1 heterocycles.